The summed E-state index contributed by atoms with van der Waals surface area (Å²) in [6.07, 6.45) is 8.87. The van der Waals surface area contributed by atoms with E-state index in [1.807, 2.05) is 23.1 Å². The van der Waals surface area contributed by atoms with Crippen molar-refractivity contribution in [1.29, 1.82) is 0 Å². The molecule has 2 amide bonds. The first-order valence-corrected chi connectivity index (χ1v) is 12.0. The molecule has 1 saturated carbocycles. The van der Waals surface area contributed by atoms with E-state index in [-0.39, 0.29) is 29.8 Å². The van der Waals surface area contributed by atoms with Crippen LogP contribution in [0.2, 0.25) is 0 Å². The SMILES string of the molecule is CCN1CCC(CCNC(=O)CN2C(=O)C3(CCCCC3)C2c2ccccc2)CC1. The number of nitrogens with one attached hydrogen (secondary N) is 1. The fourth-order valence-corrected chi connectivity index (χ4v) is 5.94. The predicted molar refractivity (Wildman–Crippen MR) is 119 cm³/mol. The molecule has 2 saturated heterocycles. The van der Waals surface area contributed by atoms with E-state index in [2.05, 4.69) is 29.3 Å². The van der Waals surface area contributed by atoms with E-state index in [0.29, 0.717) is 5.92 Å². The Balaban J connectivity index is 1.31. The summed E-state index contributed by atoms with van der Waals surface area (Å²) < 4.78 is 0. The molecule has 2 aliphatic heterocycles. The van der Waals surface area contributed by atoms with Crippen LogP contribution >= 0.6 is 0 Å². The number of likely N-dealkylation sites (tertiary alicyclic amines) is 2. The zero-order chi connectivity index (χ0) is 21.0. The van der Waals surface area contributed by atoms with E-state index in [1.165, 1.54) is 37.9 Å². The number of nitrogens with zero attached hydrogens (tertiary/aromatic N) is 2. The minimum absolute atomic E-state index is 0.0130. The Kier molecular flexibility index (Phi) is 6.77. The van der Waals surface area contributed by atoms with Crippen molar-refractivity contribution < 1.29 is 9.59 Å². The Morgan fingerprint density at radius 1 is 1.10 bits per heavy atom. The van der Waals surface area contributed by atoms with Crippen LogP contribution in [0.4, 0.5) is 0 Å². The van der Waals surface area contributed by atoms with Gasteiger partial charge in [0.1, 0.15) is 6.54 Å². The van der Waals surface area contributed by atoms with Gasteiger partial charge in [-0.3, -0.25) is 9.59 Å². The Morgan fingerprint density at radius 2 is 1.80 bits per heavy atom. The molecule has 0 radical (unpaired) electrons. The number of rotatable bonds is 7. The second kappa shape index (κ2) is 9.51. The lowest BCUT2D eigenvalue weighted by Crippen LogP contribution is -2.65. The molecule has 1 N–H and O–H groups in total. The van der Waals surface area contributed by atoms with Crippen molar-refractivity contribution in [1.82, 2.24) is 15.1 Å². The highest BCUT2D eigenvalue weighted by Crippen LogP contribution is 2.57. The predicted octanol–water partition coefficient (Wildman–Crippen LogP) is 3.76. The lowest BCUT2D eigenvalue weighted by molar-refractivity contribution is -0.180. The van der Waals surface area contributed by atoms with Gasteiger partial charge >= 0.3 is 0 Å². The van der Waals surface area contributed by atoms with Crippen molar-refractivity contribution in [3.05, 3.63) is 35.9 Å². The van der Waals surface area contributed by atoms with Gasteiger partial charge in [0.05, 0.1) is 11.5 Å². The number of carbonyl (C=O) groups excluding carboxylic acids is 2. The fourth-order valence-electron chi connectivity index (χ4n) is 5.94. The summed E-state index contributed by atoms with van der Waals surface area (Å²) in [7, 11) is 0. The molecule has 1 aliphatic carbocycles. The summed E-state index contributed by atoms with van der Waals surface area (Å²) in [6.45, 7) is 6.62. The summed E-state index contributed by atoms with van der Waals surface area (Å²) in [5.74, 6) is 0.889. The lowest BCUT2D eigenvalue weighted by Gasteiger charge is -2.58. The molecule has 1 unspecified atom stereocenters. The second-order valence-electron chi connectivity index (χ2n) is 9.48. The number of amides is 2. The summed E-state index contributed by atoms with van der Waals surface area (Å²) in [6, 6.07) is 10.4. The van der Waals surface area contributed by atoms with Crippen LogP contribution in [0.25, 0.3) is 0 Å². The minimum Gasteiger partial charge on any atom is -0.355 e. The zero-order valence-corrected chi connectivity index (χ0v) is 18.4. The first-order chi connectivity index (χ1) is 14.6. The Morgan fingerprint density at radius 3 is 2.47 bits per heavy atom. The Bertz CT molecular complexity index is 721. The molecule has 30 heavy (non-hydrogen) atoms. The van der Waals surface area contributed by atoms with Crippen LogP contribution < -0.4 is 5.32 Å². The third-order valence-corrected chi connectivity index (χ3v) is 7.73. The molecule has 5 heteroatoms. The molecule has 3 fully saturated rings. The van der Waals surface area contributed by atoms with Crippen LogP contribution in [0.15, 0.2) is 30.3 Å². The van der Waals surface area contributed by atoms with Crippen molar-refractivity contribution in [2.24, 2.45) is 11.3 Å². The molecule has 1 aromatic carbocycles. The van der Waals surface area contributed by atoms with Crippen LogP contribution in [0.5, 0.6) is 0 Å². The lowest BCUT2D eigenvalue weighted by atomic mass is 9.60. The number of benzene rings is 1. The van der Waals surface area contributed by atoms with Gasteiger partial charge < -0.3 is 15.1 Å². The molecule has 1 atom stereocenters. The van der Waals surface area contributed by atoms with Gasteiger partial charge in [-0.25, -0.2) is 0 Å². The number of piperidine rings is 1. The largest absolute Gasteiger partial charge is 0.355 e. The van der Waals surface area contributed by atoms with Gasteiger partial charge in [0.2, 0.25) is 11.8 Å². The minimum atomic E-state index is -0.271. The smallest absolute Gasteiger partial charge is 0.239 e. The second-order valence-corrected chi connectivity index (χ2v) is 9.48. The van der Waals surface area contributed by atoms with Crippen LogP contribution in [0.1, 0.15) is 69.9 Å². The van der Waals surface area contributed by atoms with Crippen LogP contribution in [0, 0.1) is 11.3 Å². The number of hydrogen-bond donors (Lipinski definition) is 1. The molecule has 5 nitrogen and oxygen atoms in total. The molecule has 3 aliphatic rings. The van der Waals surface area contributed by atoms with Crippen LogP contribution in [-0.4, -0.2) is 54.3 Å². The topological polar surface area (TPSA) is 52.7 Å². The highest BCUT2D eigenvalue weighted by atomic mass is 16.2. The van der Waals surface area contributed by atoms with Crippen molar-refractivity contribution in [2.45, 2.75) is 64.3 Å². The summed E-state index contributed by atoms with van der Waals surface area (Å²) in [5.41, 5.74) is 0.905. The quantitative estimate of drug-likeness (QED) is 0.695. The zero-order valence-electron chi connectivity index (χ0n) is 18.4. The Hall–Kier alpha value is -1.88. The molecular formula is C25H37N3O2. The molecule has 0 aromatic heterocycles. The standard InChI is InChI=1S/C25H37N3O2/c1-2-27-17-12-20(13-18-27)11-16-26-22(29)19-28-23(21-9-5-3-6-10-21)25(24(28)30)14-7-4-8-15-25/h3,5-6,9-10,20,23H,2,4,7-8,11-19H2,1H3,(H,26,29). The summed E-state index contributed by atoms with van der Waals surface area (Å²) in [4.78, 5) is 30.2. The monoisotopic (exact) mass is 411 g/mol. The first-order valence-electron chi connectivity index (χ1n) is 12.0. The molecular weight excluding hydrogens is 374 g/mol. The number of hydrogen-bond acceptors (Lipinski definition) is 3. The van der Waals surface area contributed by atoms with Crippen molar-refractivity contribution in [3.8, 4) is 0 Å². The first kappa shape index (κ1) is 21.4. The van der Waals surface area contributed by atoms with E-state index < -0.39 is 0 Å². The van der Waals surface area contributed by atoms with Crippen molar-refractivity contribution >= 4 is 11.8 Å². The van der Waals surface area contributed by atoms with Crippen LogP contribution in [0.3, 0.4) is 0 Å². The molecule has 164 valence electrons. The average molecular weight is 412 g/mol. The Labute approximate surface area is 181 Å². The fraction of sp³-hybridized carbons (Fsp3) is 0.680. The molecule has 1 aromatic rings. The molecule has 1 spiro atoms. The molecule has 0 bridgehead atoms. The van der Waals surface area contributed by atoms with Gasteiger partial charge in [-0.2, -0.15) is 0 Å². The highest BCUT2D eigenvalue weighted by molar-refractivity contribution is 5.94. The maximum absolute atomic E-state index is 13.2. The van der Waals surface area contributed by atoms with Crippen LogP contribution in [-0.2, 0) is 9.59 Å². The highest BCUT2D eigenvalue weighted by Gasteiger charge is 2.60. The molecule has 2 heterocycles. The summed E-state index contributed by atoms with van der Waals surface area (Å²) >= 11 is 0. The van der Waals surface area contributed by atoms with Crippen molar-refractivity contribution in [2.75, 3.05) is 32.7 Å². The van der Waals surface area contributed by atoms with E-state index in [0.717, 1.165) is 45.2 Å². The van der Waals surface area contributed by atoms with E-state index in [4.69, 9.17) is 0 Å². The number of carbonyl (C=O) groups is 2. The van der Waals surface area contributed by atoms with Gasteiger partial charge in [-0.15, -0.1) is 0 Å². The average Bonchev–Trinajstić information content (AvgIpc) is 2.80. The van der Waals surface area contributed by atoms with E-state index in [1.54, 1.807) is 0 Å². The normalized spacial score (nSPS) is 24.6. The third kappa shape index (κ3) is 4.27. The van der Waals surface area contributed by atoms with Crippen molar-refractivity contribution in [3.63, 3.8) is 0 Å². The van der Waals surface area contributed by atoms with Gasteiger partial charge in [0, 0.05) is 6.54 Å². The third-order valence-electron chi connectivity index (χ3n) is 7.73. The van der Waals surface area contributed by atoms with E-state index in [9.17, 15) is 9.59 Å². The van der Waals surface area contributed by atoms with Gasteiger partial charge in [0.25, 0.3) is 0 Å². The van der Waals surface area contributed by atoms with Gasteiger partial charge in [-0.1, -0.05) is 56.5 Å². The summed E-state index contributed by atoms with van der Waals surface area (Å²) in [5, 5.41) is 3.09. The van der Waals surface area contributed by atoms with Gasteiger partial charge in [0.15, 0.2) is 0 Å². The maximum Gasteiger partial charge on any atom is 0.239 e. The van der Waals surface area contributed by atoms with E-state index >= 15 is 0 Å². The maximum atomic E-state index is 13.2. The molecule has 4 rings (SSSR count). The number of β-lactam (4-membered cyclic amide) rings is 1. The van der Waals surface area contributed by atoms with Gasteiger partial charge in [-0.05, 0) is 63.2 Å².